The number of thiophene rings is 1. The summed E-state index contributed by atoms with van der Waals surface area (Å²) in [6.45, 7) is 5.16. The molecular formula is C16H22N2O3S2. The Morgan fingerprint density at radius 1 is 1.35 bits per heavy atom. The molecule has 0 saturated carbocycles. The largest absolute Gasteiger partial charge is 0.332 e. The molecule has 0 bridgehead atoms. The zero-order chi connectivity index (χ0) is 16.5. The fourth-order valence-corrected chi connectivity index (χ4v) is 6.47. The number of likely N-dealkylation sites (tertiary alicyclic amines) is 1. The fourth-order valence-electron chi connectivity index (χ4n) is 3.77. The van der Waals surface area contributed by atoms with E-state index in [1.54, 1.807) is 27.9 Å². The van der Waals surface area contributed by atoms with Gasteiger partial charge in [-0.05, 0) is 37.1 Å². The lowest BCUT2D eigenvalue weighted by Crippen LogP contribution is -2.63. The second-order valence-electron chi connectivity index (χ2n) is 6.25. The zero-order valence-electron chi connectivity index (χ0n) is 13.1. The van der Waals surface area contributed by atoms with Crippen molar-refractivity contribution in [2.24, 2.45) is 0 Å². The van der Waals surface area contributed by atoms with Gasteiger partial charge in [0.25, 0.3) is 10.0 Å². The van der Waals surface area contributed by atoms with Crippen molar-refractivity contribution in [3.05, 3.63) is 30.2 Å². The van der Waals surface area contributed by atoms with Crippen LogP contribution in [-0.4, -0.2) is 48.7 Å². The van der Waals surface area contributed by atoms with E-state index in [2.05, 4.69) is 6.58 Å². The summed E-state index contributed by atoms with van der Waals surface area (Å²) in [4.78, 5) is 14.2. The Bertz CT molecular complexity index is 680. The van der Waals surface area contributed by atoms with E-state index in [9.17, 15) is 13.2 Å². The first-order valence-electron chi connectivity index (χ1n) is 7.95. The third-order valence-corrected chi connectivity index (χ3v) is 8.05. The lowest BCUT2D eigenvalue weighted by atomic mass is 9.80. The number of sulfonamides is 1. The van der Waals surface area contributed by atoms with Gasteiger partial charge in [-0.1, -0.05) is 12.1 Å². The lowest BCUT2D eigenvalue weighted by molar-refractivity contribution is -0.143. The van der Waals surface area contributed by atoms with Gasteiger partial charge in [0.1, 0.15) is 4.21 Å². The van der Waals surface area contributed by atoms with Crippen molar-refractivity contribution in [3.63, 3.8) is 0 Å². The number of nitrogens with zero attached hydrogens (tertiary/aromatic N) is 2. The topological polar surface area (TPSA) is 57.7 Å². The minimum Gasteiger partial charge on any atom is -0.332 e. The summed E-state index contributed by atoms with van der Waals surface area (Å²) in [6, 6.07) is 3.40. The Morgan fingerprint density at radius 3 is 2.83 bits per heavy atom. The monoisotopic (exact) mass is 354 g/mol. The number of hydrogen-bond acceptors (Lipinski definition) is 4. The molecule has 2 aliphatic heterocycles. The van der Waals surface area contributed by atoms with Gasteiger partial charge in [-0.25, -0.2) is 8.42 Å². The van der Waals surface area contributed by atoms with Gasteiger partial charge in [0.15, 0.2) is 0 Å². The molecule has 1 aromatic heterocycles. The van der Waals surface area contributed by atoms with Crippen molar-refractivity contribution in [3.8, 4) is 0 Å². The SMILES string of the molecule is C=CCN1C(=O)CCC[C@@]12CCCN(S(=O)(=O)c1cccs1)C2. The maximum absolute atomic E-state index is 12.8. The molecule has 5 nitrogen and oxygen atoms in total. The summed E-state index contributed by atoms with van der Waals surface area (Å²) in [5, 5.41) is 1.78. The van der Waals surface area contributed by atoms with E-state index in [0.29, 0.717) is 30.3 Å². The van der Waals surface area contributed by atoms with Crippen LogP contribution in [0.25, 0.3) is 0 Å². The molecule has 0 aromatic carbocycles. The first kappa shape index (κ1) is 16.7. The van der Waals surface area contributed by atoms with Crippen molar-refractivity contribution in [2.75, 3.05) is 19.6 Å². The first-order valence-corrected chi connectivity index (χ1v) is 10.3. The van der Waals surface area contributed by atoms with Gasteiger partial charge < -0.3 is 4.90 Å². The smallest absolute Gasteiger partial charge is 0.252 e. The molecule has 2 fully saturated rings. The van der Waals surface area contributed by atoms with Crippen molar-refractivity contribution in [1.29, 1.82) is 0 Å². The van der Waals surface area contributed by atoms with Crippen molar-refractivity contribution >= 4 is 27.3 Å². The fraction of sp³-hybridized carbons (Fsp3) is 0.562. The standard InChI is InChI=1S/C16H22N2O3S2/c1-2-10-18-14(19)6-3-8-16(18)9-5-11-17(13-16)23(20,21)15-7-4-12-22-15/h2,4,7,12H,1,3,5-6,8-11,13H2/t16-/m0/s1. The highest BCUT2D eigenvalue weighted by Gasteiger charge is 2.47. The number of hydrogen-bond donors (Lipinski definition) is 0. The van der Waals surface area contributed by atoms with E-state index < -0.39 is 10.0 Å². The minimum absolute atomic E-state index is 0.117. The second kappa shape index (κ2) is 6.37. The molecule has 1 spiro atoms. The van der Waals surface area contributed by atoms with Gasteiger partial charge in [-0.3, -0.25) is 4.79 Å². The second-order valence-corrected chi connectivity index (χ2v) is 9.36. The van der Waals surface area contributed by atoms with Crippen LogP contribution in [0.5, 0.6) is 0 Å². The molecule has 0 radical (unpaired) electrons. The zero-order valence-corrected chi connectivity index (χ0v) is 14.7. The average Bonchev–Trinajstić information content (AvgIpc) is 3.07. The van der Waals surface area contributed by atoms with Crippen LogP contribution in [0.2, 0.25) is 0 Å². The molecule has 2 saturated heterocycles. The van der Waals surface area contributed by atoms with Gasteiger partial charge in [0.2, 0.25) is 5.91 Å². The van der Waals surface area contributed by atoms with Gasteiger partial charge in [-0.2, -0.15) is 4.31 Å². The maximum atomic E-state index is 12.8. The van der Waals surface area contributed by atoms with Crippen LogP contribution in [0, 0.1) is 0 Å². The van der Waals surface area contributed by atoms with Crippen molar-refractivity contribution in [2.45, 2.75) is 41.9 Å². The van der Waals surface area contributed by atoms with Crippen LogP contribution in [0.15, 0.2) is 34.4 Å². The summed E-state index contributed by atoms with van der Waals surface area (Å²) < 4.78 is 27.6. The molecule has 23 heavy (non-hydrogen) atoms. The predicted molar refractivity (Wildman–Crippen MR) is 90.8 cm³/mol. The Balaban J connectivity index is 1.90. The Kier molecular flexibility index (Phi) is 4.62. The van der Waals surface area contributed by atoms with Crippen molar-refractivity contribution in [1.82, 2.24) is 9.21 Å². The van der Waals surface area contributed by atoms with Crippen LogP contribution in [-0.2, 0) is 14.8 Å². The number of piperidine rings is 2. The normalized spacial score (nSPS) is 26.6. The lowest BCUT2D eigenvalue weighted by Gasteiger charge is -2.51. The average molecular weight is 354 g/mol. The van der Waals surface area contributed by atoms with E-state index >= 15 is 0 Å². The molecule has 0 aliphatic carbocycles. The first-order chi connectivity index (χ1) is 11.0. The molecule has 7 heteroatoms. The highest BCUT2D eigenvalue weighted by atomic mass is 32.2. The molecule has 3 rings (SSSR count). The third kappa shape index (κ3) is 2.97. The Morgan fingerprint density at radius 2 is 2.13 bits per heavy atom. The van der Waals surface area contributed by atoms with E-state index in [-0.39, 0.29) is 11.4 Å². The van der Waals surface area contributed by atoms with Gasteiger partial charge in [0, 0.05) is 26.1 Å². The van der Waals surface area contributed by atoms with E-state index in [4.69, 9.17) is 0 Å². The number of carbonyl (C=O) groups is 1. The van der Waals surface area contributed by atoms with E-state index in [0.717, 1.165) is 25.7 Å². The molecule has 1 aromatic rings. The van der Waals surface area contributed by atoms with E-state index in [1.165, 1.54) is 11.3 Å². The number of rotatable bonds is 4. The number of carbonyl (C=O) groups excluding carboxylic acids is 1. The Hall–Kier alpha value is -1.18. The van der Waals surface area contributed by atoms with Gasteiger partial charge in [0.05, 0.1) is 5.54 Å². The van der Waals surface area contributed by atoms with Crippen LogP contribution < -0.4 is 0 Å². The highest BCUT2D eigenvalue weighted by Crippen LogP contribution is 2.38. The van der Waals surface area contributed by atoms with Gasteiger partial charge in [-0.15, -0.1) is 17.9 Å². The molecule has 1 amide bonds. The molecule has 3 heterocycles. The quantitative estimate of drug-likeness (QED) is 0.781. The summed E-state index contributed by atoms with van der Waals surface area (Å²) in [7, 11) is -3.46. The van der Waals surface area contributed by atoms with E-state index in [1.807, 2.05) is 4.90 Å². The van der Waals surface area contributed by atoms with Crippen LogP contribution >= 0.6 is 11.3 Å². The third-order valence-electron chi connectivity index (χ3n) is 4.83. The molecular weight excluding hydrogens is 332 g/mol. The molecule has 0 unspecified atom stereocenters. The summed E-state index contributed by atoms with van der Waals surface area (Å²) in [5.74, 6) is 0.117. The van der Waals surface area contributed by atoms with Crippen LogP contribution in [0.1, 0.15) is 32.1 Å². The highest BCUT2D eigenvalue weighted by molar-refractivity contribution is 7.91. The molecule has 126 valence electrons. The summed E-state index contributed by atoms with van der Waals surface area (Å²) in [5.41, 5.74) is -0.369. The minimum atomic E-state index is -3.46. The van der Waals surface area contributed by atoms with Gasteiger partial charge >= 0.3 is 0 Å². The summed E-state index contributed by atoms with van der Waals surface area (Å²) >= 11 is 1.24. The van der Waals surface area contributed by atoms with Crippen LogP contribution in [0.4, 0.5) is 0 Å². The number of amides is 1. The predicted octanol–water partition coefficient (Wildman–Crippen LogP) is 2.47. The Labute approximate surface area is 141 Å². The van der Waals surface area contributed by atoms with Crippen molar-refractivity contribution < 1.29 is 13.2 Å². The molecule has 1 atom stereocenters. The molecule has 2 aliphatic rings. The summed E-state index contributed by atoms with van der Waals surface area (Å²) in [6.07, 6.45) is 5.63. The molecule has 0 N–H and O–H groups in total. The maximum Gasteiger partial charge on any atom is 0.252 e. The van der Waals surface area contributed by atoms with Crippen LogP contribution in [0.3, 0.4) is 0 Å².